The quantitative estimate of drug-likeness (QED) is 0.797. The minimum atomic E-state index is -1.03. The van der Waals surface area contributed by atoms with Gasteiger partial charge in [-0.05, 0) is 19.4 Å². The SMILES string of the molecule is C=CCN(CC(=O)O)C(=O)C(C)(C)c1ccccc1. The van der Waals surface area contributed by atoms with Crippen molar-refractivity contribution in [3.05, 3.63) is 48.6 Å². The molecule has 4 heteroatoms. The van der Waals surface area contributed by atoms with Crippen LogP contribution in [0.5, 0.6) is 0 Å². The van der Waals surface area contributed by atoms with Crippen molar-refractivity contribution in [2.24, 2.45) is 0 Å². The van der Waals surface area contributed by atoms with Gasteiger partial charge in [-0.25, -0.2) is 0 Å². The van der Waals surface area contributed by atoms with E-state index in [0.717, 1.165) is 5.56 Å². The number of hydrogen-bond donors (Lipinski definition) is 1. The van der Waals surface area contributed by atoms with E-state index in [1.54, 1.807) is 13.8 Å². The summed E-state index contributed by atoms with van der Waals surface area (Å²) in [5.41, 5.74) is 0.0964. The van der Waals surface area contributed by atoms with Crippen molar-refractivity contribution in [2.45, 2.75) is 19.3 Å². The van der Waals surface area contributed by atoms with Gasteiger partial charge in [-0.3, -0.25) is 9.59 Å². The molecule has 0 aromatic heterocycles. The monoisotopic (exact) mass is 261 g/mol. The number of nitrogens with zero attached hydrogens (tertiary/aromatic N) is 1. The fraction of sp³-hybridized carbons (Fsp3) is 0.333. The van der Waals surface area contributed by atoms with Gasteiger partial charge in [0.05, 0.1) is 5.41 Å². The number of hydrogen-bond acceptors (Lipinski definition) is 2. The highest BCUT2D eigenvalue weighted by molar-refractivity contribution is 5.89. The summed E-state index contributed by atoms with van der Waals surface area (Å²) in [6.07, 6.45) is 1.53. The zero-order chi connectivity index (χ0) is 14.5. The maximum absolute atomic E-state index is 12.5. The normalized spacial score (nSPS) is 10.8. The summed E-state index contributed by atoms with van der Waals surface area (Å²) in [5.74, 6) is -1.25. The molecule has 1 amide bonds. The second-order valence-corrected chi connectivity index (χ2v) is 4.86. The molecule has 4 nitrogen and oxygen atoms in total. The van der Waals surface area contributed by atoms with Crippen LogP contribution in [0.4, 0.5) is 0 Å². The summed E-state index contributed by atoms with van der Waals surface area (Å²) in [6.45, 7) is 7.05. The molecule has 0 saturated heterocycles. The van der Waals surface area contributed by atoms with Gasteiger partial charge in [0, 0.05) is 6.54 Å². The Hall–Kier alpha value is -2.10. The maximum Gasteiger partial charge on any atom is 0.323 e. The third-order valence-corrected chi connectivity index (χ3v) is 2.99. The second-order valence-electron chi connectivity index (χ2n) is 4.86. The summed E-state index contributed by atoms with van der Waals surface area (Å²) in [6, 6.07) is 9.33. The largest absolute Gasteiger partial charge is 0.480 e. The Morgan fingerprint density at radius 2 is 1.89 bits per heavy atom. The first kappa shape index (κ1) is 15.0. The Balaban J connectivity index is 3.00. The highest BCUT2D eigenvalue weighted by atomic mass is 16.4. The van der Waals surface area contributed by atoms with Crippen molar-refractivity contribution in [1.82, 2.24) is 4.90 Å². The Bertz CT molecular complexity index is 466. The maximum atomic E-state index is 12.5. The highest BCUT2D eigenvalue weighted by Crippen LogP contribution is 2.25. The van der Waals surface area contributed by atoms with E-state index in [-0.39, 0.29) is 19.0 Å². The summed E-state index contributed by atoms with van der Waals surface area (Å²) >= 11 is 0. The second kappa shape index (κ2) is 6.18. The van der Waals surface area contributed by atoms with Gasteiger partial charge < -0.3 is 10.0 Å². The zero-order valence-corrected chi connectivity index (χ0v) is 11.3. The standard InChI is InChI=1S/C15H19NO3/c1-4-10-16(11-13(17)18)14(19)15(2,3)12-8-6-5-7-9-12/h4-9H,1,10-11H2,2-3H3,(H,17,18). The Morgan fingerprint density at radius 3 is 2.37 bits per heavy atom. The third kappa shape index (κ3) is 3.68. The molecule has 1 aromatic rings. The average Bonchev–Trinajstić information content (AvgIpc) is 2.38. The molecule has 0 atom stereocenters. The molecule has 0 unspecified atom stereocenters. The minimum absolute atomic E-state index is 0.221. The molecule has 0 spiro atoms. The van der Waals surface area contributed by atoms with Crippen LogP contribution >= 0.6 is 0 Å². The first-order valence-corrected chi connectivity index (χ1v) is 6.07. The average molecular weight is 261 g/mol. The van der Waals surface area contributed by atoms with E-state index >= 15 is 0 Å². The predicted molar refractivity (Wildman–Crippen MR) is 73.9 cm³/mol. The number of carbonyl (C=O) groups excluding carboxylic acids is 1. The molecular formula is C15H19NO3. The lowest BCUT2D eigenvalue weighted by molar-refractivity contribution is -0.146. The van der Waals surface area contributed by atoms with Crippen molar-refractivity contribution < 1.29 is 14.7 Å². The van der Waals surface area contributed by atoms with Crippen molar-refractivity contribution >= 4 is 11.9 Å². The van der Waals surface area contributed by atoms with Crippen LogP contribution in [0.1, 0.15) is 19.4 Å². The molecule has 0 aliphatic rings. The molecule has 1 aromatic carbocycles. The van der Waals surface area contributed by atoms with Crippen LogP contribution in [0, 0.1) is 0 Å². The van der Waals surface area contributed by atoms with Gasteiger partial charge in [-0.2, -0.15) is 0 Å². The minimum Gasteiger partial charge on any atom is -0.480 e. The predicted octanol–water partition coefficient (Wildman–Crippen LogP) is 2.06. The van der Waals surface area contributed by atoms with Crippen LogP contribution in [-0.2, 0) is 15.0 Å². The molecule has 0 saturated carbocycles. The van der Waals surface area contributed by atoms with Crippen molar-refractivity contribution in [2.75, 3.05) is 13.1 Å². The van der Waals surface area contributed by atoms with Crippen LogP contribution in [0.2, 0.25) is 0 Å². The van der Waals surface area contributed by atoms with Crippen LogP contribution in [0.15, 0.2) is 43.0 Å². The molecule has 19 heavy (non-hydrogen) atoms. The van der Waals surface area contributed by atoms with Crippen LogP contribution < -0.4 is 0 Å². The van der Waals surface area contributed by atoms with E-state index in [1.807, 2.05) is 30.3 Å². The van der Waals surface area contributed by atoms with E-state index in [2.05, 4.69) is 6.58 Å². The smallest absolute Gasteiger partial charge is 0.323 e. The van der Waals surface area contributed by atoms with E-state index in [0.29, 0.717) is 0 Å². The number of benzene rings is 1. The fourth-order valence-electron chi connectivity index (χ4n) is 1.91. The lowest BCUT2D eigenvalue weighted by Crippen LogP contribution is -2.45. The molecular weight excluding hydrogens is 242 g/mol. The van der Waals surface area contributed by atoms with Crippen LogP contribution in [0.25, 0.3) is 0 Å². The lowest BCUT2D eigenvalue weighted by Gasteiger charge is -2.30. The van der Waals surface area contributed by atoms with E-state index in [9.17, 15) is 9.59 Å². The molecule has 0 aliphatic carbocycles. The Morgan fingerprint density at radius 1 is 1.32 bits per heavy atom. The van der Waals surface area contributed by atoms with Crippen LogP contribution in [0.3, 0.4) is 0 Å². The molecule has 102 valence electrons. The summed E-state index contributed by atoms with van der Waals surface area (Å²) in [7, 11) is 0. The van der Waals surface area contributed by atoms with Crippen molar-refractivity contribution in [3.63, 3.8) is 0 Å². The molecule has 0 heterocycles. The summed E-state index contributed by atoms with van der Waals surface area (Å²) in [5, 5.41) is 8.87. The number of carboxylic acids is 1. The topological polar surface area (TPSA) is 57.6 Å². The van der Waals surface area contributed by atoms with Gasteiger partial charge in [-0.1, -0.05) is 36.4 Å². The first-order chi connectivity index (χ1) is 8.89. The molecule has 0 fully saturated rings. The molecule has 0 radical (unpaired) electrons. The summed E-state index contributed by atoms with van der Waals surface area (Å²) < 4.78 is 0. The first-order valence-electron chi connectivity index (χ1n) is 6.07. The van der Waals surface area contributed by atoms with Crippen LogP contribution in [-0.4, -0.2) is 35.0 Å². The van der Waals surface area contributed by atoms with E-state index in [4.69, 9.17) is 5.11 Å². The van der Waals surface area contributed by atoms with Gasteiger partial charge in [0.2, 0.25) is 5.91 Å². The molecule has 0 aliphatic heterocycles. The number of rotatable bonds is 6. The number of carboxylic acid groups (broad SMARTS) is 1. The zero-order valence-electron chi connectivity index (χ0n) is 11.3. The Kier molecular flexibility index (Phi) is 4.87. The Labute approximate surface area is 113 Å². The number of carbonyl (C=O) groups is 2. The van der Waals surface area contributed by atoms with Crippen molar-refractivity contribution in [1.29, 1.82) is 0 Å². The van der Waals surface area contributed by atoms with Gasteiger partial charge in [-0.15, -0.1) is 6.58 Å². The van der Waals surface area contributed by atoms with Gasteiger partial charge >= 0.3 is 5.97 Å². The molecule has 1 rings (SSSR count). The summed E-state index contributed by atoms with van der Waals surface area (Å²) in [4.78, 5) is 24.6. The van der Waals surface area contributed by atoms with Gasteiger partial charge in [0.15, 0.2) is 0 Å². The number of amides is 1. The third-order valence-electron chi connectivity index (χ3n) is 2.99. The number of aliphatic carboxylic acids is 1. The fourth-order valence-corrected chi connectivity index (χ4v) is 1.91. The molecule has 0 bridgehead atoms. The van der Waals surface area contributed by atoms with Crippen molar-refractivity contribution in [3.8, 4) is 0 Å². The van der Waals surface area contributed by atoms with Gasteiger partial charge in [0.1, 0.15) is 6.54 Å². The lowest BCUT2D eigenvalue weighted by atomic mass is 9.83. The van der Waals surface area contributed by atoms with Gasteiger partial charge in [0.25, 0.3) is 0 Å². The molecule has 1 N–H and O–H groups in total. The highest BCUT2D eigenvalue weighted by Gasteiger charge is 2.33. The van der Waals surface area contributed by atoms with E-state index < -0.39 is 11.4 Å². The van der Waals surface area contributed by atoms with E-state index in [1.165, 1.54) is 11.0 Å².